The first-order valence-electron chi connectivity index (χ1n) is 10.9. The molecule has 1 fully saturated rings. The maximum Gasteiger partial charge on any atom is 0.223 e. The van der Waals surface area contributed by atoms with E-state index in [2.05, 4.69) is 20.9 Å². The predicted molar refractivity (Wildman–Crippen MR) is 122 cm³/mol. The summed E-state index contributed by atoms with van der Waals surface area (Å²) in [7, 11) is 0. The van der Waals surface area contributed by atoms with E-state index in [0.717, 1.165) is 51.3 Å². The average Bonchev–Trinajstić information content (AvgIpc) is 3.37. The minimum Gasteiger partial charge on any atom is -0.332 e. The Morgan fingerprint density at radius 2 is 1.94 bits per heavy atom. The number of rotatable bonds is 4. The molecule has 1 amide bonds. The van der Waals surface area contributed by atoms with Crippen LogP contribution in [0.5, 0.6) is 0 Å². The first-order valence-corrected chi connectivity index (χ1v) is 11.7. The molecule has 0 aliphatic carbocycles. The molecule has 2 aliphatic heterocycles. The van der Waals surface area contributed by atoms with Crippen molar-refractivity contribution in [1.82, 2.24) is 19.9 Å². The number of halogens is 1. The summed E-state index contributed by atoms with van der Waals surface area (Å²) in [6.07, 6.45) is 5.68. The molecule has 0 N–H and O–H groups in total. The molecule has 4 aromatic rings. The second-order valence-electron chi connectivity index (χ2n) is 8.43. The Kier molecular flexibility index (Phi) is 4.72. The number of thiazole rings is 1. The minimum absolute atomic E-state index is 0.0499. The van der Waals surface area contributed by atoms with Crippen LogP contribution in [-0.2, 0) is 17.6 Å². The van der Waals surface area contributed by atoms with Crippen molar-refractivity contribution in [3.63, 3.8) is 0 Å². The molecule has 4 heterocycles. The summed E-state index contributed by atoms with van der Waals surface area (Å²) in [5.41, 5.74) is 3.87. The van der Waals surface area contributed by atoms with E-state index in [9.17, 15) is 9.18 Å². The van der Waals surface area contributed by atoms with Gasteiger partial charge in [-0.05, 0) is 49.2 Å². The predicted octanol–water partition coefficient (Wildman–Crippen LogP) is 5.11. The maximum atomic E-state index is 13.2. The van der Waals surface area contributed by atoms with E-state index in [1.54, 1.807) is 23.5 Å². The zero-order valence-corrected chi connectivity index (χ0v) is 18.2. The number of carbonyl (C=O) groups excluding carboxylic acids is 1. The van der Waals surface area contributed by atoms with E-state index in [4.69, 9.17) is 4.98 Å². The fourth-order valence-electron chi connectivity index (χ4n) is 4.97. The van der Waals surface area contributed by atoms with Crippen LogP contribution in [0.15, 0.2) is 54.7 Å². The molecule has 2 atom stereocenters. The number of carbonyl (C=O) groups is 1. The fraction of sp³-hybridized carbons (Fsp3) is 0.280. The van der Waals surface area contributed by atoms with Gasteiger partial charge in [0.1, 0.15) is 5.82 Å². The van der Waals surface area contributed by atoms with Crippen molar-refractivity contribution in [2.24, 2.45) is 0 Å². The first-order chi connectivity index (χ1) is 15.7. The number of nitrogens with zero attached hydrogens (tertiary/aromatic N) is 4. The summed E-state index contributed by atoms with van der Waals surface area (Å²) in [6, 6.07) is 14.6. The van der Waals surface area contributed by atoms with Crippen LogP contribution in [0.3, 0.4) is 0 Å². The molecule has 0 unspecified atom stereocenters. The largest absolute Gasteiger partial charge is 0.332 e. The number of hydrogen-bond donors (Lipinski definition) is 0. The molecule has 2 aromatic heterocycles. The van der Waals surface area contributed by atoms with Gasteiger partial charge in [0.15, 0.2) is 5.82 Å². The second kappa shape index (κ2) is 7.74. The fourth-order valence-corrected chi connectivity index (χ4v) is 5.93. The number of fused-ring (bicyclic) bond motifs is 5. The highest BCUT2D eigenvalue weighted by atomic mass is 32.1. The topological polar surface area (TPSA) is 59.0 Å². The lowest BCUT2D eigenvalue weighted by Crippen LogP contribution is -2.42. The van der Waals surface area contributed by atoms with E-state index in [1.165, 1.54) is 12.1 Å². The molecule has 0 spiro atoms. The smallest absolute Gasteiger partial charge is 0.223 e. The highest BCUT2D eigenvalue weighted by molar-refractivity contribution is 7.18. The summed E-state index contributed by atoms with van der Waals surface area (Å²) in [5, 5.41) is 1.01. The number of aromatic nitrogens is 3. The van der Waals surface area contributed by atoms with E-state index in [1.807, 2.05) is 24.4 Å². The first kappa shape index (κ1) is 19.5. The standard InChI is InChI=1S/C25H21FN4OS/c26-16-7-5-15(6-8-16)25-27-14-18-20(29-25)13-17-9-10-21(18)30(17)24(31)12-11-23-28-19-3-1-2-4-22(19)32-23/h1-8,14,17,21H,9-13H2/t17-,21+/m0/s1. The molecule has 2 bridgehead atoms. The molecule has 7 heteroatoms. The van der Waals surface area contributed by atoms with Gasteiger partial charge in [0.2, 0.25) is 5.91 Å². The third-order valence-electron chi connectivity index (χ3n) is 6.47. The van der Waals surface area contributed by atoms with E-state index < -0.39 is 0 Å². The van der Waals surface area contributed by atoms with Crippen LogP contribution in [0, 0.1) is 5.82 Å². The van der Waals surface area contributed by atoms with Crippen molar-refractivity contribution in [3.05, 3.63) is 76.8 Å². The molecule has 160 valence electrons. The van der Waals surface area contributed by atoms with Crippen LogP contribution in [-0.4, -0.2) is 31.8 Å². The Morgan fingerprint density at radius 3 is 2.78 bits per heavy atom. The van der Waals surface area contributed by atoms with Gasteiger partial charge in [0.05, 0.1) is 27.0 Å². The van der Waals surface area contributed by atoms with Gasteiger partial charge in [-0.25, -0.2) is 19.3 Å². The van der Waals surface area contributed by atoms with Crippen molar-refractivity contribution >= 4 is 27.5 Å². The van der Waals surface area contributed by atoms with Gasteiger partial charge in [-0.15, -0.1) is 11.3 Å². The lowest BCUT2D eigenvalue weighted by atomic mass is 9.98. The summed E-state index contributed by atoms with van der Waals surface area (Å²) < 4.78 is 14.4. The van der Waals surface area contributed by atoms with E-state index >= 15 is 0 Å². The molecule has 2 aromatic carbocycles. The molecule has 0 radical (unpaired) electrons. The lowest BCUT2D eigenvalue weighted by molar-refractivity contribution is -0.134. The highest BCUT2D eigenvalue weighted by Crippen LogP contribution is 2.43. The van der Waals surface area contributed by atoms with Crippen molar-refractivity contribution in [3.8, 4) is 11.4 Å². The summed E-state index contributed by atoms with van der Waals surface area (Å²) in [6.45, 7) is 0. The van der Waals surface area contributed by atoms with Crippen LogP contribution in [0.4, 0.5) is 4.39 Å². The lowest BCUT2D eigenvalue weighted by Gasteiger charge is -2.35. The number of para-hydroxylation sites is 1. The normalized spacial score (nSPS) is 19.3. The number of benzene rings is 2. The number of hydrogen-bond acceptors (Lipinski definition) is 5. The van der Waals surface area contributed by atoms with Gasteiger partial charge >= 0.3 is 0 Å². The van der Waals surface area contributed by atoms with E-state index in [0.29, 0.717) is 18.7 Å². The molecule has 32 heavy (non-hydrogen) atoms. The van der Waals surface area contributed by atoms with Crippen molar-refractivity contribution in [1.29, 1.82) is 0 Å². The second-order valence-corrected chi connectivity index (χ2v) is 9.55. The van der Waals surface area contributed by atoms with Gasteiger partial charge in [-0.1, -0.05) is 12.1 Å². The minimum atomic E-state index is -0.273. The molecule has 5 nitrogen and oxygen atoms in total. The van der Waals surface area contributed by atoms with Crippen molar-refractivity contribution < 1.29 is 9.18 Å². The summed E-state index contributed by atoms with van der Waals surface area (Å²) >= 11 is 1.67. The van der Waals surface area contributed by atoms with Crippen LogP contribution in [0.2, 0.25) is 0 Å². The monoisotopic (exact) mass is 444 g/mol. The van der Waals surface area contributed by atoms with Gasteiger partial charge in [-0.3, -0.25) is 4.79 Å². The zero-order chi connectivity index (χ0) is 21.7. The Hall–Kier alpha value is -3.19. The quantitative estimate of drug-likeness (QED) is 0.439. The Morgan fingerprint density at radius 1 is 1.09 bits per heavy atom. The summed E-state index contributed by atoms with van der Waals surface area (Å²) in [5.74, 6) is 0.522. The zero-order valence-electron chi connectivity index (χ0n) is 17.4. The molecule has 0 saturated carbocycles. The molecule has 1 saturated heterocycles. The van der Waals surface area contributed by atoms with E-state index in [-0.39, 0.29) is 23.8 Å². The summed E-state index contributed by atoms with van der Waals surface area (Å²) in [4.78, 5) is 29.3. The molecular formula is C25H21FN4OS. The Bertz CT molecular complexity index is 1290. The Labute approximate surface area is 189 Å². The van der Waals surface area contributed by atoms with Crippen LogP contribution >= 0.6 is 11.3 Å². The van der Waals surface area contributed by atoms with Crippen LogP contribution in [0.25, 0.3) is 21.6 Å². The van der Waals surface area contributed by atoms with Gasteiger partial charge in [0.25, 0.3) is 0 Å². The van der Waals surface area contributed by atoms with Gasteiger partial charge < -0.3 is 4.90 Å². The Balaban J connectivity index is 1.20. The third-order valence-corrected chi connectivity index (χ3v) is 7.57. The van der Waals surface area contributed by atoms with Crippen LogP contribution in [0.1, 0.15) is 41.6 Å². The maximum absolute atomic E-state index is 13.2. The molecule has 6 rings (SSSR count). The average molecular weight is 445 g/mol. The van der Waals surface area contributed by atoms with Crippen molar-refractivity contribution in [2.75, 3.05) is 0 Å². The third kappa shape index (κ3) is 3.37. The highest BCUT2D eigenvalue weighted by Gasteiger charge is 2.43. The molecule has 2 aliphatic rings. The number of aryl methyl sites for hydroxylation is 1. The SMILES string of the molecule is O=C(CCc1nc2ccccc2s1)N1[C@H]2CC[C@@H]1c1cnc(-c3ccc(F)cc3)nc1C2. The molecular weight excluding hydrogens is 423 g/mol. The number of amides is 1. The van der Waals surface area contributed by atoms with Gasteiger partial charge in [0, 0.05) is 42.6 Å². The van der Waals surface area contributed by atoms with Crippen molar-refractivity contribution in [2.45, 2.75) is 44.2 Å². The van der Waals surface area contributed by atoms with Gasteiger partial charge in [-0.2, -0.15) is 0 Å². The van der Waals surface area contributed by atoms with Crippen LogP contribution < -0.4 is 0 Å².